The lowest BCUT2D eigenvalue weighted by molar-refractivity contribution is -0.116. The average Bonchev–Trinajstić information content (AvgIpc) is 3.42. The Balaban J connectivity index is 1.36. The molecule has 1 atom stereocenters. The summed E-state index contributed by atoms with van der Waals surface area (Å²) in [6.45, 7) is 4.13. The van der Waals surface area contributed by atoms with Gasteiger partial charge in [-0.15, -0.1) is 15.3 Å². The highest BCUT2D eigenvalue weighted by Gasteiger charge is 2.33. The van der Waals surface area contributed by atoms with E-state index in [2.05, 4.69) is 20.6 Å². The molecule has 0 saturated heterocycles. The molecule has 180 valence electrons. The van der Waals surface area contributed by atoms with E-state index >= 15 is 0 Å². The van der Waals surface area contributed by atoms with E-state index in [1.54, 1.807) is 9.20 Å². The molecular weight excluding hydrogens is 478 g/mol. The zero-order chi connectivity index (χ0) is 24.8. The minimum atomic E-state index is -0.174. The third-order valence-electron chi connectivity index (χ3n) is 6.34. The Morgan fingerprint density at radius 2 is 1.92 bits per heavy atom. The van der Waals surface area contributed by atoms with Crippen LogP contribution in [-0.4, -0.2) is 35.5 Å². The Labute approximate surface area is 211 Å². The number of hydrogen-bond donors (Lipinski definition) is 1. The maximum atomic E-state index is 12.8. The molecule has 36 heavy (non-hydrogen) atoms. The van der Waals surface area contributed by atoms with Gasteiger partial charge in [-0.1, -0.05) is 41.9 Å². The summed E-state index contributed by atoms with van der Waals surface area (Å²) >= 11 is 6.27. The summed E-state index contributed by atoms with van der Waals surface area (Å²) in [6, 6.07) is 19.1. The normalized spacial score (nSPS) is 15.1. The van der Waals surface area contributed by atoms with Crippen molar-refractivity contribution in [3.63, 3.8) is 0 Å². The van der Waals surface area contributed by atoms with Gasteiger partial charge in [-0.05, 0) is 49.7 Å². The maximum absolute atomic E-state index is 12.8. The van der Waals surface area contributed by atoms with Crippen LogP contribution in [0.15, 0.2) is 60.7 Å². The summed E-state index contributed by atoms with van der Waals surface area (Å²) in [6.07, 6.45) is 0.310. The first-order chi connectivity index (χ1) is 17.5. The number of nitrogens with zero attached hydrogens (tertiary/aromatic N) is 6. The van der Waals surface area contributed by atoms with Gasteiger partial charge in [0.15, 0.2) is 17.3 Å². The van der Waals surface area contributed by atoms with Gasteiger partial charge in [0.25, 0.3) is 0 Å². The number of aryl methyl sites for hydroxylation is 2. The number of rotatable bonds is 5. The number of carbonyl (C=O) groups is 1. The number of aromatic nitrogens is 6. The Morgan fingerprint density at radius 3 is 2.78 bits per heavy atom. The highest BCUT2D eigenvalue weighted by Crippen LogP contribution is 2.40. The minimum absolute atomic E-state index is 0.0856. The largest absolute Gasteiger partial charge is 0.489 e. The van der Waals surface area contributed by atoms with Gasteiger partial charge >= 0.3 is 0 Å². The molecule has 1 aliphatic rings. The van der Waals surface area contributed by atoms with Crippen molar-refractivity contribution in [2.75, 3.05) is 5.32 Å². The number of nitrogens with one attached hydrogen (secondary N) is 1. The predicted octanol–water partition coefficient (Wildman–Crippen LogP) is 4.63. The number of halogens is 1. The fourth-order valence-corrected chi connectivity index (χ4v) is 4.78. The van der Waals surface area contributed by atoms with E-state index in [-0.39, 0.29) is 11.8 Å². The lowest BCUT2D eigenvalue weighted by Gasteiger charge is -2.24. The Bertz CT molecular complexity index is 1620. The molecule has 4 heterocycles. The Morgan fingerprint density at radius 1 is 1.06 bits per heavy atom. The molecule has 0 unspecified atom stereocenters. The third-order valence-corrected chi connectivity index (χ3v) is 6.71. The van der Waals surface area contributed by atoms with Gasteiger partial charge in [0.1, 0.15) is 18.2 Å². The van der Waals surface area contributed by atoms with Crippen molar-refractivity contribution in [1.82, 2.24) is 29.6 Å². The van der Waals surface area contributed by atoms with E-state index < -0.39 is 0 Å². The number of anilines is 1. The topological polar surface area (TPSA) is 99.2 Å². The zero-order valence-corrected chi connectivity index (χ0v) is 20.4. The molecule has 0 saturated carbocycles. The van der Waals surface area contributed by atoms with E-state index in [4.69, 9.17) is 21.4 Å². The molecule has 5 aromatic rings. The van der Waals surface area contributed by atoms with Gasteiger partial charge in [0.05, 0.1) is 5.69 Å². The smallest absolute Gasteiger partial charge is 0.226 e. The molecule has 0 spiro atoms. The molecule has 9 nitrogen and oxygen atoms in total. The first-order valence-electron chi connectivity index (χ1n) is 11.5. The van der Waals surface area contributed by atoms with Crippen molar-refractivity contribution in [2.45, 2.75) is 32.8 Å². The standard InChI is InChI=1S/C26H22ClN7O2/c1-15-25-20(17-7-5-8-19(12-17)36-14-18-6-3-4-9-21(18)27)13-24(35)28-26(25)34(31-15)23-11-10-22-30-29-16(2)33(22)32-23/h3-12,20H,13-14H2,1-2H3,(H,28,35)/t20-/m0/s1. The Kier molecular flexibility index (Phi) is 5.41. The second kappa shape index (κ2) is 8.76. The molecule has 0 aliphatic carbocycles. The number of ether oxygens (including phenoxy) is 1. The number of hydrogen-bond acceptors (Lipinski definition) is 6. The van der Waals surface area contributed by atoms with Gasteiger partial charge in [0, 0.05) is 28.5 Å². The van der Waals surface area contributed by atoms with Crippen molar-refractivity contribution >= 4 is 29.0 Å². The molecule has 0 bridgehead atoms. The van der Waals surface area contributed by atoms with E-state index in [1.807, 2.05) is 74.5 Å². The summed E-state index contributed by atoms with van der Waals surface area (Å²) in [5, 5.41) is 21.2. The first-order valence-corrected chi connectivity index (χ1v) is 11.9. The lowest BCUT2D eigenvalue weighted by Crippen LogP contribution is -2.25. The lowest BCUT2D eigenvalue weighted by atomic mass is 9.86. The van der Waals surface area contributed by atoms with Gasteiger partial charge in [-0.3, -0.25) is 4.79 Å². The molecule has 1 aliphatic heterocycles. The fourth-order valence-electron chi connectivity index (χ4n) is 4.59. The van der Waals surface area contributed by atoms with Crippen LogP contribution in [0.3, 0.4) is 0 Å². The molecule has 2 aromatic carbocycles. The molecule has 10 heteroatoms. The summed E-state index contributed by atoms with van der Waals surface area (Å²) in [7, 11) is 0. The van der Waals surface area contributed by atoms with Crippen LogP contribution in [0.2, 0.25) is 5.02 Å². The van der Waals surface area contributed by atoms with Crippen LogP contribution in [-0.2, 0) is 11.4 Å². The summed E-state index contributed by atoms with van der Waals surface area (Å²) in [5.41, 5.74) is 4.31. The van der Waals surface area contributed by atoms with Crippen LogP contribution in [0.4, 0.5) is 5.82 Å². The maximum Gasteiger partial charge on any atom is 0.226 e. The number of amides is 1. The molecular formula is C26H22ClN7O2. The van der Waals surface area contributed by atoms with Crippen LogP contribution in [0, 0.1) is 13.8 Å². The predicted molar refractivity (Wildman–Crippen MR) is 135 cm³/mol. The molecule has 6 rings (SSSR count). The SMILES string of the molecule is Cc1nn(-c2ccc3nnc(C)n3n2)c2c1[C@H](c1cccc(OCc3ccccc3Cl)c1)CC(=O)N2. The van der Waals surface area contributed by atoms with Crippen molar-refractivity contribution < 1.29 is 9.53 Å². The van der Waals surface area contributed by atoms with E-state index in [1.165, 1.54) is 0 Å². The van der Waals surface area contributed by atoms with Crippen molar-refractivity contribution in [1.29, 1.82) is 0 Å². The summed E-state index contributed by atoms with van der Waals surface area (Å²) < 4.78 is 9.36. The molecule has 0 radical (unpaired) electrons. The Hall–Kier alpha value is -4.24. The van der Waals surface area contributed by atoms with E-state index in [0.29, 0.717) is 46.9 Å². The third kappa shape index (κ3) is 3.87. The van der Waals surface area contributed by atoms with Crippen LogP contribution < -0.4 is 10.1 Å². The monoisotopic (exact) mass is 499 g/mol. The van der Waals surface area contributed by atoms with E-state index in [9.17, 15) is 4.79 Å². The quantitative estimate of drug-likeness (QED) is 0.378. The zero-order valence-electron chi connectivity index (χ0n) is 19.6. The van der Waals surface area contributed by atoms with Crippen molar-refractivity contribution in [3.05, 3.63) is 93.9 Å². The minimum Gasteiger partial charge on any atom is -0.489 e. The van der Waals surface area contributed by atoms with Crippen LogP contribution in [0.5, 0.6) is 5.75 Å². The highest BCUT2D eigenvalue weighted by molar-refractivity contribution is 6.31. The first kappa shape index (κ1) is 22.2. The van der Waals surface area contributed by atoms with Gasteiger partial charge in [0.2, 0.25) is 5.91 Å². The fraction of sp³-hybridized carbons (Fsp3) is 0.192. The molecule has 0 fully saturated rings. The second-order valence-electron chi connectivity index (χ2n) is 8.73. The molecule has 1 N–H and O–H groups in total. The summed E-state index contributed by atoms with van der Waals surface area (Å²) in [4.78, 5) is 12.8. The van der Waals surface area contributed by atoms with Crippen molar-refractivity contribution in [3.8, 4) is 11.6 Å². The van der Waals surface area contributed by atoms with E-state index in [0.717, 1.165) is 22.4 Å². The van der Waals surface area contributed by atoms with Crippen molar-refractivity contribution in [2.24, 2.45) is 0 Å². The van der Waals surface area contributed by atoms with Gasteiger partial charge in [-0.2, -0.15) is 14.3 Å². The summed E-state index contributed by atoms with van der Waals surface area (Å²) in [5.74, 6) is 2.30. The average molecular weight is 500 g/mol. The van der Waals surface area contributed by atoms with Gasteiger partial charge < -0.3 is 10.1 Å². The highest BCUT2D eigenvalue weighted by atomic mass is 35.5. The van der Waals surface area contributed by atoms with Gasteiger partial charge in [-0.25, -0.2) is 0 Å². The molecule has 3 aromatic heterocycles. The number of carbonyl (C=O) groups excluding carboxylic acids is 1. The number of fused-ring (bicyclic) bond motifs is 2. The molecule has 1 amide bonds. The number of benzene rings is 2. The van der Waals surface area contributed by atoms with Crippen LogP contribution in [0.25, 0.3) is 11.5 Å². The second-order valence-corrected chi connectivity index (χ2v) is 9.13. The van der Waals surface area contributed by atoms with Crippen LogP contribution in [0.1, 0.15) is 40.5 Å². The van der Waals surface area contributed by atoms with Crippen LogP contribution >= 0.6 is 11.6 Å².